The molecule has 1 N–H and O–H groups in total. The molecule has 1 nitrogen and oxygen atoms in total. The molecule has 66 valence electrons. The van der Waals surface area contributed by atoms with Crippen molar-refractivity contribution in [2.24, 2.45) is 0 Å². The Balaban J connectivity index is 3.80. The normalized spacial score (nSPS) is 14.5. The van der Waals surface area contributed by atoms with Crippen LogP contribution in [0.15, 0.2) is 12.7 Å². The van der Waals surface area contributed by atoms with Gasteiger partial charge in [0.25, 0.3) is 5.92 Å². The Morgan fingerprint density at radius 2 is 2.18 bits per heavy atom. The van der Waals surface area contributed by atoms with Crippen LogP contribution in [0.5, 0.6) is 0 Å². The van der Waals surface area contributed by atoms with Gasteiger partial charge in [0.15, 0.2) is 0 Å². The van der Waals surface area contributed by atoms with Crippen LogP contribution in [0.1, 0.15) is 26.2 Å². The average Bonchev–Trinajstić information content (AvgIpc) is 2.00. The predicted molar refractivity (Wildman–Crippen MR) is 40.7 cm³/mol. The van der Waals surface area contributed by atoms with Gasteiger partial charge in [-0.3, -0.25) is 0 Å². The van der Waals surface area contributed by atoms with Crippen LogP contribution in [-0.4, -0.2) is 17.1 Å². The summed E-state index contributed by atoms with van der Waals surface area (Å²) in [5.74, 6) is -3.13. The summed E-state index contributed by atoms with van der Waals surface area (Å²) in [5.41, 5.74) is 0. The van der Waals surface area contributed by atoms with E-state index in [4.69, 9.17) is 5.11 Å². The summed E-state index contributed by atoms with van der Waals surface area (Å²) in [4.78, 5) is 0. The fraction of sp³-hybridized carbons (Fsp3) is 0.750. The van der Waals surface area contributed by atoms with E-state index >= 15 is 0 Å². The Hall–Kier alpha value is -0.440. The molecule has 11 heavy (non-hydrogen) atoms. The highest BCUT2D eigenvalue weighted by molar-refractivity contribution is 4.92. The lowest BCUT2D eigenvalue weighted by atomic mass is 10.1. The largest absolute Gasteiger partial charge is 0.386 e. The summed E-state index contributed by atoms with van der Waals surface area (Å²) in [6.45, 7) is 4.84. The third-order valence-electron chi connectivity index (χ3n) is 1.55. The number of hydrogen-bond donors (Lipinski definition) is 1. The van der Waals surface area contributed by atoms with Gasteiger partial charge in [0.1, 0.15) is 6.10 Å². The summed E-state index contributed by atoms with van der Waals surface area (Å²) in [6.07, 6.45) is 0.484. The highest BCUT2D eigenvalue weighted by Crippen LogP contribution is 2.23. The van der Waals surface area contributed by atoms with E-state index in [9.17, 15) is 8.78 Å². The molecule has 3 heteroatoms. The molecular formula is C8H14F2O. The summed E-state index contributed by atoms with van der Waals surface area (Å²) in [7, 11) is 0. The average molecular weight is 164 g/mol. The molecule has 0 heterocycles. The van der Waals surface area contributed by atoms with E-state index in [1.807, 2.05) is 6.92 Å². The minimum atomic E-state index is -3.13. The van der Waals surface area contributed by atoms with Crippen LogP contribution in [0, 0.1) is 0 Å². The fourth-order valence-electron chi connectivity index (χ4n) is 0.726. The zero-order valence-corrected chi connectivity index (χ0v) is 6.69. The number of alkyl halides is 2. The quantitative estimate of drug-likeness (QED) is 0.618. The van der Waals surface area contributed by atoms with Crippen LogP contribution >= 0.6 is 0 Å². The summed E-state index contributed by atoms with van der Waals surface area (Å²) < 4.78 is 25.0. The van der Waals surface area contributed by atoms with E-state index < -0.39 is 12.0 Å². The van der Waals surface area contributed by atoms with Crippen LogP contribution in [0.4, 0.5) is 8.78 Å². The number of hydrogen-bond acceptors (Lipinski definition) is 1. The standard InChI is InChI=1S/C8H14F2O/c1-3-5-6-7(11)8(9,10)4-2/h4,7,11H,2-3,5-6H2,1H3/t7-/m0/s1. The number of unbranched alkanes of at least 4 members (excludes halogenated alkanes) is 1. The topological polar surface area (TPSA) is 20.2 Å². The molecule has 0 aromatic rings. The fourth-order valence-corrected chi connectivity index (χ4v) is 0.726. The first-order chi connectivity index (χ1) is 5.04. The van der Waals surface area contributed by atoms with Crippen molar-refractivity contribution in [1.29, 1.82) is 0 Å². The molecule has 0 bridgehead atoms. The first kappa shape index (κ1) is 10.6. The molecular weight excluding hydrogens is 150 g/mol. The maximum Gasteiger partial charge on any atom is 0.291 e. The SMILES string of the molecule is C=CC(F)(F)[C@@H](O)CCCC. The zero-order valence-electron chi connectivity index (χ0n) is 6.69. The van der Waals surface area contributed by atoms with Crippen molar-refractivity contribution in [2.75, 3.05) is 0 Å². The van der Waals surface area contributed by atoms with Crippen molar-refractivity contribution in [1.82, 2.24) is 0 Å². The maximum atomic E-state index is 12.5. The number of halogens is 2. The molecule has 0 amide bonds. The third kappa shape index (κ3) is 3.46. The van der Waals surface area contributed by atoms with Gasteiger partial charge < -0.3 is 5.11 Å². The van der Waals surface area contributed by atoms with Gasteiger partial charge in [-0.15, -0.1) is 0 Å². The molecule has 0 aliphatic carbocycles. The van der Waals surface area contributed by atoms with E-state index in [0.717, 1.165) is 6.42 Å². The van der Waals surface area contributed by atoms with E-state index in [-0.39, 0.29) is 6.42 Å². The van der Waals surface area contributed by atoms with E-state index in [0.29, 0.717) is 12.5 Å². The first-order valence-corrected chi connectivity index (χ1v) is 3.74. The van der Waals surface area contributed by atoms with Crippen molar-refractivity contribution in [3.8, 4) is 0 Å². The zero-order chi connectivity index (χ0) is 8.91. The van der Waals surface area contributed by atoms with Crippen molar-refractivity contribution in [3.05, 3.63) is 12.7 Å². The Morgan fingerprint density at radius 1 is 1.64 bits per heavy atom. The molecule has 0 radical (unpaired) electrons. The minimum Gasteiger partial charge on any atom is -0.386 e. The number of rotatable bonds is 5. The van der Waals surface area contributed by atoms with Crippen LogP contribution < -0.4 is 0 Å². The lowest BCUT2D eigenvalue weighted by Gasteiger charge is -2.18. The van der Waals surface area contributed by atoms with Crippen molar-refractivity contribution >= 4 is 0 Å². The molecule has 0 rings (SSSR count). The lowest BCUT2D eigenvalue weighted by molar-refractivity contribution is -0.0729. The Kier molecular flexibility index (Phi) is 4.26. The van der Waals surface area contributed by atoms with Crippen molar-refractivity contribution < 1.29 is 13.9 Å². The predicted octanol–water partition coefficient (Wildman–Crippen LogP) is 2.36. The number of aliphatic hydroxyl groups is 1. The highest BCUT2D eigenvalue weighted by Gasteiger charge is 2.33. The summed E-state index contributed by atoms with van der Waals surface area (Å²) in [6, 6.07) is 0. The van der Waals surface area contributed by atoms with Gasteiger partial charge in [0.2, 0.25) is 0 Å². The van der Waals surface area contributed by atoms with Gasteiger partial charge in [-0.05, 0) is 12.5 Å². The Morgan fingerprint density at radius 3 is 2.55 bits per heavy atom. The van der Waals surface area contributed by atoms with Crippen LogP contribution in [-0.2, 0) is 0 Å². The van der Waals surface area contributed by atoms with Gasteiger partial charge in [0.05, 0.1) is 0 Å². The lowest BCUT2D eigenvalue weighted by Crippen LogP contribution is -2.30. The Bertz CT molecular complexity index is 123. The van der Waals surface area contributed by atoms with Gasteiger partial charge in [-0.25, -0.2) is 0 Å². The van der Waals surface area contributed by atoms with Crippen LogP contribution in [0.2, 0.25) is 0 Å². The second-order valence-electron chi connectivity index (χ2n) is 2.54. The maximum absolute atomic E-state index is 12.5. The van der Waals surface area contributed by atoms with E-state index in [1.54, 1.807) is 0 Å². The summed E-state index contributed by atoms with van der Waals surface area (Å²) >= 11 is 0. The van der Waals surface area contributed by atoms with Crippen LogP contribution in [0.3, 0.4) is 0 Å². The van der Waals surface area contributed by atoms with Crippen molar-refractivity contribution in [2.45, 2.75) is 38.2 Å². The van der Waals surface area contributed by atoms with Gasteiger partial charge >= 0.3 is 0 Å². The minimum absolute atomic E-state index is 0.134. The van der Waals surface area contributed by atoms with E-state index in [2.05, 4.69) is 6.58 Å². The van der Waals surface area contributed by atoms with Gasteiger partial charge in [0, 0.05) is 0 Å². The molecule has 0 spiro atoms. The second kappa shape index (κ2) is 4.44. The van der Waals surface area contributed by atoms with Gasteiger partial charge in [-0.2, -0.15) is 8.78 Å². The monoisotopic (exact) mass is 164 g/mol. The third-order valence-corrected chi connectivity index (χ3v) is 1.55. The summed E-state index contributed by atoms with van der Waals surface area (Å²) in [5, 5.41) is 8.89. The molecule has 0 fully saturated rings. The highest BCUT2D eigenvalue weighted by atomic mass is 19.3. The van der Waals surface area contributed by atoms with E-state index in [1.165, 1.54) is 0 Å². The molecule has 0 aromatic heterocycles. The molecule has 0 aliphatic heterocycles. The molecule has 0 aliphatic rings. The molecule has 0 saturated heterocycles. The Labute approximate surface area is 65.7 Å². The molecule has 0 saturated carbocycles. The molecule has 0 aromatic carbocycles. The molecule has 1 atom stereocenters. The van der Waals surface area contributed by atoms with Crippen LogP contribution in [0.25, 0.3) is 0 Å². The molecule has 0 unspecified atom stereocenters. The number of aliphatic hydroxyl groups excluding tert-OH is 1. The van der Waals surface area contributed by atoms with Crippen molar-refractivity contribution in [3.63, 3.8) is 0 Å². The second-order valence-corrected chi connectivity index (χ2v) is 2.54. The smallest absolute Gasteiger partial charge is 0.291 e. The first-order valence-electron chi connectivity index (χ1n) is 3.74. The van der Waals surface area contributed by atoms with Gasteiger partial charge in [-0.1, -0.05) is 26.3 Å².